The monoisotopic (exact) mass is 546 g/mol. The van der Waals surface area contributed by atoms with Crippen LogP contribution >= 0.6 is 0 Å². The van der Waals surface area contributed by atoms with Gasteiger partial charge in [-0.05, 0) is 30.5 Å². The lowest BCUT2D eigenvalue weighted by Gasteiger charge is -2.58. The Hall–Kier alpha value is -3.37. The fraction of sp³-hybridized carbons (Fsp3) is 0.500. The summed E-state index contributed by atoms with van der Waals surface area (Å²) in [7, 11) is 0. The van der Waals surface area contributed by atoms with Crippen molar-refractivity contribution in [2.45, 2.75) is 44.7 Å². The largest absolute Gasteiger partial charge is 0.381 e. The molecule has 10 heteroatoms. The minimum Gasteiger partial charge on any atom is -0.381 e. The molecule has 0 atom stereocenters. The molecule has 3 saturated heterocycles. The number of halogens is 2. The van der Waals surface area contributed by atoms with Gasteiger partial charge < -0.3 is 18.6 Å². The smallest absolute Gasteiger partial charge is 0.260 e. The van der Waals surface area contributed by atoms with Crippen LogP contribution in [-0.4, -0.2) is 69.2 Å². The number of pyridine rings is 3. The number of alkyl halides is 2. The second-order valence-corrected chi connectivity index (χ2v) is 12.7. The standard InChI is InChI=1S/C30H32F2N6O2/c31-30(32)15-29(16-30)17-35(18-29)11-21-1-2-26-34-22(14-37(26)12-21)13-36-6-3-23-24(27(36)39)9-33-10-25(23)38-19-28(20-38)4-7-40-8-5-28/h1-3,6,9-10,12,14H,4-5,7-8,11,13,15-20H2. The first-order valence-electron chi connectivity index (χ1n) is 14.1. The molecule has 40 heavy (non-hydrogen) atoms. The van der Waals surface area contributed by atoms with Gasteiger partial charge >= 0.3 is 0 Å². The predicted molar refractivity (Wildman–Crippen MR) is 147 cm³/mol. The average molecular weight is 547 g/mol. The quantitative estimate of drug-likeness (QED) is 0.378. The molecule has 0 N–H and O–H groups in total. The van der Waals surface area contributed by atoms with Gasteiger partial charge in [0.15, 0.2) is 0 Å². The first-order valence-corrected chi connectivity index (χ1v) is 14.1. The van der Waals surface area contributed by atoms with Crippen molar-refractivity contribution in [3.05, 3.63) is 70.8 Å². The molecule has 8 nitrogen and oxygen atoms in total. The third kappa shape index (κ3) is 4.03. The van der Waals surface area contributed by atoms with Crippen LogP contribution in [-0.2, 0) is 17.8 Å². The van der Waals surface area contributed by atoms with E-state index in [2.05, 4.69) is 14.8 Å². The molecule has 1 saturated carbocycles. The molecule has 4 aliphatic rings. The molecule has 0 radical (unpaired) electrons. The lowest BCUT2D eigenvalue weighted by molar-refractivity contribution is -0.214. The molecule has 0 amide bonds. The Balaban J connectivity index is 0.977. The molecule has 7 heterocycles. The highest BCUT2D eigenvalue weighted by Gasteiger charge is 2.61. The van der Waals surface area contributed by atoms with Crippen molar-refractivity contribution in [2.24, 2.45) is 10.8 Å². The number of fused-ring (bicyclic) bond motifs is 2. The minimum absolute atomic E-state index is 0.0285. The van der Waals surface area contributed by atoms with Gasteiger partial charge in [0.2, 0.25) is 5.92 Å². The van der Waals surface area contributed by atoms with Gasteiger partial charge in [-0.15, -0.1) is 0 Å². The second-order valence-electron chi connectivity index (χ2n) is 12.7. The Morgan fingerprint density at radius 2 is 1.70 bits per heavy atom. The van der Waals surface area contributed by atoms with Gasteiger partial charge in [0.05, 0.1) is 29.5 Å². The Morgan fingerprint density at radius 1 is 0.900 bits per heavy atom. The van der Waals surface area contributed by atoms with Crippen molar-refractivity contribution >= 4 is 22.1 Å². The molecule has 2 spiro atoms. The fourth-order valence-corrected chi connectivity index (χ4v) is 7.60. The molecule has 1 aliphatic carbocycles. The summed E-state index contributed by atoms with van der Waals surface area (Å²) in [4.78, 5) is 27.2. The normalized spacial score (nSPS) is 22.9. The van der Waals surface area contributed by atoms with E-state index in [0.29, 0.717) is 17.3 Å². The van der Waals surface area contributed by atoms with E-state index in [1.165, 1.54) is 0 Å². The van der Waals surface area contributed by atoms with Crippen LogP contribution in [0.25, 0.3) is 16.4 Å². The van der Waals surface area contributed by atoms with Crippen molar-refractivity contribution in [2.75, 3.05) is 44.3 Å². The number of aromatic nitrogens is 4. The maximum absolute atomic E-state index is 13.5. The molecular weight excluding hydrogens is 514 g/mol. The van der Waals surface area contributed by atoms with E-state index < -0.39 is 5.92 Å². The first-order chi connectivity index (χ1) is 19.3. The van der Waals surface area contributed by atoms with Gasteiger partial charge in [-0.25, -0.2) is 13.8 Å². The molecule has 0 aromatic carbocycles. The maximum atomic E-state index is 13.5. The number of anilines is 1. The lowest BCUT2D eigenvalue weighted by Crippen LogP contribution is -2.65. The predicted octanol–water partition coefficient (Wildman–Crippen LogP) is 3.94. The van der Waals surface area contributed by atoms with Crippen molar-refractivity contribution in [3.8, 4) is 0 Å². The highest BCUT2D eigenvalue weighted by atomic mass is 19.3. The van der Waals surface area contributed by atoms with Crippen LogP contribution in [0.2, 0.25) is 0 Å². The third-order valence-electron chi connectivity index (χ3n) is 9.51. The van der Waals surface area contributed by atoms with E-state index in [1.807, 2.05) is 47.4 Å². The van der Waals surface area contributed by atoms with Gasteiger partial charge in [-0.2, -0.15) is 0 Å². The SMILES string of the molecule is O=c1c2cncc(N3CC4(CCOCC4)C3)c2ccn1Cc1cn2cc(CN3CC4(C3)CC(F)(F)C4)ccc2n1. The van der Waals surface area contributed by atoms with E-state index in [0.717, 1.165) is 86.8 Å². The Bertz CT molecular complexity index is 1670. The van der Waals surface area contributed by atoms with E-state index in [-0.39, 0.29) is 23.8 Å². The average Bonchev–Trinajstić information content (AvgIpc) is 3.29. The van der Waals surface area contributed by atoms with Crippen LogP contribution in [0.1, 0.15) is 36.9 Å². The van der Waals surface area contributed by atoms with Crippen LogP contribution in [0.5, 0.6) is 0 Å². The zero-order valence-corrected chi connectivity index (χ0v) is 22.4. The van der Waals surface area contributed by atoms with E-state index in [9.17, 15) is 13.6 Å². The Labute approximate surface area is 230 Å². The zero-order valence-electron chi connectivity index (χ0n) is 22.4. The zero-order chi connectivity index (χ0) is 27.1. The Kier molecular flexibility index (Phi) is 5.23. The van der Waals surface area contributed by atoms with Crippen molar-refractivity contribution in [1.82, 2.24) is 23.8 Å². The van der Waals surface area contributed by atoms with E-state index >= 15 is 0 Å². The topological polar surface area (TPSA) is 67.9 Å². The van der Waals surface area contributed by atoms with E-state index in [4.69, 9.17) is 9.72 Å². The van der Waals surface area contributed by atoms with Gasteiger partial charge in [-0.3, -0.25) is 14.7 Å². The number of imidazole rings is 1. The summed E-state index contributed by atoms with van der Waals surface area (Å²) in [5.74, 6) is -2.47. The Morgan fingerprint density at radius 3 is 2.48 bits per heavy atom. The van der Waals surface area contributed by atoms with Gasteiger partial charge in [0.1, 0.15) is 5.65 Å². The molecule has 0 unspecified atom stereocenters. The molecule has 3 aliphatic heterocycles. The summed E-state index contributed by atoms with van der Waals surface area (Å²) in [5, 5.41) is 1.56. The van der Waals surface area contributed by atoms with Crippen molar-refractivity contribution in [3.63, 3.8) is 0 Å². The number of nitrogens with zero attached hydrogens (tertiary/aromatic N) is 6. The van der Waals surface area contributed by atoms with Crippen LogP contribution in [0, 0.1) is 10.8 Å². The number of likely N-dealkylation sites (tertiary alicyclic amines) is 1. The molecule has 4 aromatic heterocycles. The van der Waals surface area contributed by atoms with Crippen LogP contribution < -0.4 is 10.5 Å². The van der Waals surface area contributed by atoms with Crippen molar-refractivity contribution < 1.29 is 13.5 Å². The van der Waals surface area contributed by atoms with Crippen molar-refractivity contribution in [1.29, 1.82) is 0 Å². The summed E-state index contributed by atoms with van der Waals surface area (Å²) in [5.41, 5.74) is 3.86. The lowest BCUT2D eigenvalue weighted by atomic mass is 9.61. The van der Waals surface area contributed by atoms with Gasteiger partial charge in [0, 0.05) is 99.8 Å². The molecule has 4 aromatic rings. The summed E-state index contributed by atoms with van der Waals surface area (Å²) < 4.78 is 35.9. The van der Waals surface area contributed by atoms with Gasteiger partial charge in [-0.1, -0.05) is 6.07 Å². The maximum Gasteiger partial charge on any atom is 0.260 e. The molecular formula is C30H32F2N6O2. The van der Waals surface area contributed by atoms with Gasteiger partial charge in [0.25, 0.3) is 5.56 Å². The molecule has 4 fully saturated rings. The first kappa shape index (κ1) is 24.4. The summed E-state index contributed by atoms with van der Waals surface area (Å²) >= 11 is 0. The fourth-order valence-electron chi connectivity index (χ4n) is 7.60. The number of rotatable bonds is 5. The highest BCUT2D eigenvalue weighted by Crippen LogP contribution is 2.56. The number of hydrogen-bond donors (Lipinski definition) is 0. The van der Waals surface area contributed by atoms with Crippen LogP contribution in [0.3, 0.4) is 0 Å². The minimum atomic E-state index is -2.47. The third-order valence-corrected chi connectivity index (χ3v) is 9.51. The second kappa shape index (κ2) is 8.57. The number of hydrogen-bond acceptors (Lipinski definition) is 6. The highest BCUT2D eigenvalue weighted by molar-refractivity contribution is 5.93. The molecule has 208 valence electrons. The number of ether oxygens (including phenoxy) is 1. The van der Waals surface area contributed by atoms with Crippen LogP contribution in [0.4, 0.5) is 14.5 Å². The molecule has 8 rings (SSSR count). The van der Waals surface area contributed by atoms with E-state index in [1.54, 1.807) is 10.8 Å². The summed E-state index contributed by atoms with van der Waals surface area (Å²) in [6, 6.07) is 6.04. The molecule has 0 bridgehead atoms. The van der Waals surface area contributed by atoms with Crippen LogP contribution in [0.15, 0.2) is 54.0 Å². The summed E-state index contributed by atoms with van der Waals surface area (Å²) in [6.07, 6.45) is 11.6. The summed E-state index contributed by atoms with van der Waals surface area (Å²) in [6.45, 7) is 6.22.